The Bertz CT molecular complexity index is 901. The van der Waals surface area contributed by atoms with Gasteiger partial charge in [0.25, 0.3) is 0 Å². The minimum absolute atomic E-state index is 0.0935. The van der Waals surface area contributed by atoms with Crippen LogP contribution in [-0.2, 0) is 13.0 Å². The van der Waals surface area contributed by atoms with Gasteiger partial charge in [-0.15, -0.1) is 5.10 Å². The van der Waals surface area contributed by atoms with Gasteiger partial charge in [0.15, 0.2) is 11.5 Å². The quantitative estimate of drug-likeness (QED) is 0.542. The average Bonchev–Trinajstić information content (AvgIpc) is 2.88. The molecule has 0 saturated carbocycles. The monoisotopic (exact) mass is 328 g/mol. The number of para-hydroxylation sites is 1. The maximum Gasteiger partial charge on any atom is 0.181 e. The maximum atomic E-state index is 11.5. The van der Waals surface area contributed by atoms with E-state index in [1.165, 1.54) is 12.5 Å². The van der Waals surface area contributed by atoms with Crippen LogP contribution in [0.5, 0.6) is 0 Å². The summed E-state index contributed by atoms with van der Waals surface area (Å²) in [6.07, 6.45) is 0.907. The normalized spacial score (nSPS) is 11.1. The Morgan fingerprint density at radius 3 is 2.74 bits per heavy atom. The van der Waals surface area contributed by atoms with E-state index >= 15 is 0 Å². The van der Waals surface area contributed by atoms with Crippen LogP contribution in [-0.4, -0.2) is 25.8 Å². The predicted molar refractivity (Wildman–Crippen MR) is 90.0 cm³/mol. The lowest BCUT2D eigenvalue weighted by atomic mass is 10.1. The van der Waals surface area contributed by atoms with E-state index in [2.05, 4.69) is 28.3 Å². The Kier molecular flexibility index (Phi) is 4.13. The molecule has 0 N–H and O–H groups in total. The number of rotatable bonds is 4. The zero-order valence-corrected chi connectivity index (χ0v) is 14.1. The van der Waals surface area contributed by atoms with E-state index in [1.54, 1.807) is 4.68 Å². The molecular weight excluding hydrogens is 312 g/mol. The standard InChI is InChI=1S/C17H17ClN4O/c1-4-12-6-5-7-13-8-14(17(18)19-16(12)13)9-22-10(2)15(11(3)23)20-21-22/h5-8H,4,9H2,1-3H3. The van der Waals surface area contributed by atoms with Crippen LogP contribution >= 0.6 is 11.6 Å². The van der Waals surface area contributed by atoms with Crippen molar-refractivity contribution in [3.05, 3.63) is 51.9 Å². The van der Waals surface area contributed by atoms with E-state index < -0.39 is 0 Å². The lowest BCUT2D eigenvalue weighted by Gasteiger charge is -2.09. The molecule has 0 saturated heterocycles. The maximum absolute atomic E-state index is 11.5. The first-order valence-corrected chi connectivity index (χ1v) is 7.87. The van der Waals surface area contributed by atoms with Gasteiger partial charge >= 0.3 is 0 Å². The SMILES string of the molecule is CCc1cccc2cc(Cn3nnc(C(C)=O)c3C)c(Cl)nc12. The number of halogens is 1. The molecule has 2 aromatic heterocycles. The zero-order valence-electron chi connectivity index (χ0n) is 13.3. The van der Waals surface area contributed by atoms with Crippen LogP contribution in [0.25, 0.3) is 10.9 Å². The molecule has 0 fully saturated rings. The summed E-state index contributed by atoms with van der Waals surface area (Å²) >= 11 is 6.36. The Morgan fingerprint density at radius 2 is 2.09 bits per heavy atom. The number of fused-ring (bicyclic) bond motifs is 1. The number of aromatic nitrogens is 4. The first kappa shape index (κ1) is 15.6. The second-order valence-corrected chi connectivity index (χ2v) is 5.88. The van der Waals surface area contributed by atoms with Crippen LogP contribution < -0.4 is 0 Å². The lowest BCUT2D eigenvalue weighted by Crippen LogP contribution is -2.06. The number of hydrogen-bond acceptors (Lipinski definition) is 4. The first-order chi connectivity index (χ1) is 11.0. The molecule has 118 valence electrons. The van der Waals surface area contributed by atoms with Crippen molar-refractivity contribution in [3.8, 4) is 0 Å². The summed E-state index contributed by atoms with van der Waals surface area (Å²) in [5, 5.41) is 9.48. The van der Waals surface area contributed by atoms with E-state index in [-0.39, 0.29) is 5.78 Å². The Labute approximate surface area is 139 Å². The molecule has 0 amide bonds. The third-order valence-electron chi connectivity index (χ3n) is 3.97. The van der Waals surface area contributed by atoms with Gasteiger partial charge in [-0.1, -0.05) is 41.9 Å². The molecule has 3 aromatic rings. The van der Waals surface area contributed by atoms with E-state index in [9.17, 15) is 4.79 Å². The largest absolute Gasteiger partial charge is 0.293 e. The smallest absolute Gasteiger partial charge is 0.181 e. The van der Waals surface area contributed by atoms with Crippen molar-refractivity contribution in [2.45, 2.75) is 33.7 Å². The van der Waals surface area contributed by atoms with Crippen molar-refractivity contribution >= 4 is 28.3 Å². The third kappa shape index (κ3) is 2.84. The number of benzene rings is 1. The Balaban J connectivity index is 2.04. The number of carbonyl (C=O) groups excluding carboxylic acids is 1. The van der Waals surface area contributed by atoms with Gasteiger partial charge in [-0.05, 0) is 25.0 Å². The summed E-state index contributed by atoms with van der Waals surface area (Å²) in [5.74, 6) is -0.0935. The molecule has 0 spiro atoms. The van der Waals surface area contributed by atoms with Gasteiger partial charge in [-0.3, -0.25) is 4.79 Å². The van der Waals surface area contributed by atoms with Crippen molar-refractivity contribution in [2.24, 2.45) is 0 Å². The zero-order chi connectivity index (χ0) is 16.6. The summed E-state index contributed by atoms with van der Waals surface area (Å²) in [4.78, 5) is 16.0. The molecule has 1 aromatic carbocycles. The number of pyridine rings is 1. The van der Waals surface area contributed by atoms with Crippen LogP contribution in [0.4, 0.5) is 0 Å². The van der Waals surface area contributed by atoms with Gasteiger partial charge < -0.3 is 0 Å². The summed E-state index contributed by atoms with van der Waals surface area (Å²) in [6.45, 7) is 5.84. The third-order valence-corrected chi connectivity index (χ3v) is 4.30. The number of nitrogens with zero attached hydrogens (tertiary/aromatic N) is 4. The molecule has 3 rings (SSSR count). The van der Waals surface area contributed by atoms with Crippen LogP contribution in [0, 0.1) is 6.92 Å². The summed E-state index contributed by atoms with van der Waals surface area (Å²) < 4.78 is 1.68. The summed E-state index contributed by atoms with van der Waals surface area (Å²) in [6, 6.07) is 8.13. The highest BCUT2D eigenvalue weighted by atomic mass is 35.5. The van der Waals surface area contributed by atoms with E-state index in [0.717, 1.165) is 28.6 Å². The van der Waals surface area contributed by atoms with Crippen molar-refractivity contribution in [3.63, 3.8) is 0 Å². The molecule has 0 radical (unpaired) electrons. The van der Waals surface area contributed by atoms with Gasteiger partial charge in [0, 0.05) is 17.9 Å². The molecule has 0 aliphatic heterocycles. The number of aryl methyl sites for hydroxylation is 1. The number of ketones is 1. The lowest BCUT2D eigenvalue weighted by molar-refractivity contribution is 0.101. The fraction of sp³-hybridized carbons (Fsp3) is 0.294. The molecule has 0 atom stereocenters. The molecule has 5 nitrogen and oxygen atoms in total. The Hall–Kier alpha value is -2.27. The van der Waals surface area contributed by atoms with Crippen LogP contribution in [0.1, 0.15) is 41.2 Å². The van der Waals surface area contributed by atoms with Crippen molar-refractivity contribution in [1.29, 1.82) is 0 Å². The molecule has 6 heteroatoms. The first-order valence-electron chi connectivity index (χ1n) is 7.49. The molecule has 0 unspecified atom stereocenters. The van der Waals surface area contributed by atoms with E-state index in [4.69, 9.17) is 11.6 Å². The fourth-order valence-corrected chi connectivity index (χ4v) is 2.87. The van der Waals surface area contributed by atoms with Gasteiger partial charge in [-0.25, -0.2) is 9.67 Å². The minimum Gasteiger partial charge on any atom is -0.293 e. The fourth-order valence-electron chi connectivity index (χ4n) is 2.67. The number of carbonyl (C=O) groups is 1. The Morgan fingerprint density at radius 1 is 1.30 bits per heavy atom. The number of hydrogen-bond donors (Lipinski definition) is 0. The van der Waals surface area contributed by atoms with Gasteiger partial charge in [0.05, 0.1) is 17.8 Å². The highest BCUT2D eigenvalue weighted by molar-refractivity contribution is 6.30. The van der Waals surface area contributed by atoms with Crippen LogP contribution in [0.3, 0.4) is 0 Å². The number of Topliss-reactive ketones (excluding diaryl/α,β-unsaturated/α-hetero) is 1. The summed E-state index contributed by atoms with van der Waals surface area (Å²) in [5.41, 5.74) is 4.09. The van der Waals surface area contributed by atoms with Gasteiger partial charge in [0.2, 0.25) is 0 Å². The molecular formula is C17H17ClN4O. The highest BCUT2D eigenvalue weighted by Gasteiger charge is 2.14. The molecule has 23 heavy (non-hydrogen) atoms. The molecule has 0 aliphatic rings. The minimum atomic E-state index is -0.0935. The topological polar surface area (TPSA) is 60.7 Å². The second kappa shape index (κ2) is 6.08. The van der Waals surface area contributed by atoms with Crippen LogP contribution in [0.2, 0.25) is 5.15 Å². The van der Waals surface area contributed by atoms with Crippen molar-refractivity contribution in [1.82, 2.24) is 20.0 Å². The second-order valence-electron chi connectivity index (χ2n) is 5.52. The molecule has 2 heterocycles. The average molecular weight is 329 g/mol. The van der Waals surface area contributed by atoms with Gasteiger partial charge in [-0.2, -0.15) is 0 Å². The van der Waals surface area contributed by atoms with E-state index in [0.29, 0.717) is 17.4 Å². The highest BCUT2D eigenvalue weighted by Crippen LogP contribution is 2.24. The van der Waals surface area contributed by atoms with Gasteiger partial charge in [0.1, 0.15) is 5.15 Å². The van der Waals surface area contributed by atoms with Crippen LogP contribution in [0.15, 0.2) is 24.3 Å². The molecule has 0 bridgehead atoms. The van der Waals surface area contributed by atoms with Crippen molar-refractivity contribution < 1.29 is 4.79 Å². The van der Waals surface area contributed by atoms with Crippen molar-refractivity contribution in [2.75, 3.05) is 0 Å². The van der Waals surface area contributed by atoms with E-state index in [1.807, 2.05) is 25.1 Å². The predicted octanol–water partition coefficient (Wildman–Crippen LogP) is 3.60. The summed E-state index contributed by atoms with van der Waals surface area (Å²) in [7, 11) is 0. The molecule has 0 aliphatic carbocycles.